The fourth-order valence-corrected chi connectivity index (χ4v) is 2.55. The van der Waals surface area contributed by atoms with E-state index in [1.165, 1.54) is 28.4 Å². The highest BCUT2D eigenvalue weighted by molar-refractivity contribution is 5.85. The largest absolute Gasteiger partial charge is 0.496 e. The van der Waals surface area contributed by atoms with Gasteiger partial charge in [-0.15, -0.1) is 0 Å². The predicted octanol–water partition coefficient (Wildman–Crippen LogP) is 2.26. The molecule has 0 radical (unpaired) electrons. The monoisotopic (exact) mass is 330 g/mol. The molecular weight excluding hydrogens is 312 g/mol. The minimum atomic E-state index is -0.480. The van der Waals surface area contributed by atoms with Crippen molar-refractivity contribution in [3.8, 4) is 40.2 Å². The first-order chi connectivity index (χ1) is 11.5. The van der Waals surface area contributed by atoms with E-state index in [1.807, 2.05) is 6.07 Å². The van der Waals surface area contributed by atoms with Gasteiger partial charge in [0.1, 0.15) is 17.4 Å². The molecule has 0 amide bonds. The standard InChI is InChI=1S/C17H18N2O5/c1-9-6-10(11(8-18)17(20)19-9)14-12(21-2)7-13(22-3)15(23-4)16(14)24-5/h6-7H,1-5H3,(H,19,20). The number of pyridine rings is 1. The number of aromatic amines is 1. The number of aryl methyl sites for hydroxylation is 1. The van der Waals surface area contributed by atoms with Gasteiger partial charge in [0.15, 0.2) is 11.5 Å². The molecule has 0 bridgehead atoms. The average molecular weight is 330 g/mol. The van der Waals surface area contributed by atoms with Crippen LogP contribution in [0.3, 0.4) is 0 Å². The first-order valence-electron chi connectivity index (χ1n) is 7.03. The summed E-state index contributed by atoms with van der Waals surface area (Å²) in [6.45, 7) is 1.73. The molecule has 0 aliphatic rings. The lowest BCUT2D eigenvalue weighted by molar-refractivity contribution is 0.320. The highest BCUT2D eigenvalue weighted by Crippen LogP contribution is 2.50. The molecular formula is C17H18N2O5. The molecule has 24 heavy (non-hydrogen) atoms. The Bertz CT molecular complexity index is 865. The van der Waals surface area contributed by atoms with Crippen LogP contribution in [-0.4, -0.2) is 33.4 Å². The molecule has 0 fully saturated rings. The fraction of sp³-hybridized carbons (Fsp3) is 0.294. The van der Waals surface area contributed by atoms with Crippen molar-refractivity contribution in [3.63, 3.8) is 0 Å². The van der Waals surface area contributed by atoms with Crippen LogP contribution in [0.25, 0.3) is 11.1 Å². The molecule has 0 spiro atoms. The molecule has 2 aromatic rings. The van der Waals surface area contributed by atoms with Crippen LogP contribution in [0.2, 0.25) is 0 Å². The summed E-state index contributed by atoms with van der Waals surface area (Å²) in [5.41, 5.74) is 0.931. The zero-order valence-electron chi connectivity index (χ0n) is 14.1. The van der Waals surface area contributed by atoms with Crippen LogP contribution in [0, 0.1) is 18.3 Å². The van der Waals surface area contributed by atoms with E-state index in [-0.39, 0.29) is 5.56 Å². The van der Waals surface area contributed by atoms with Crippen LogP contribution in [0.1, 0.15) is 11.3 Å². The van der Waals surface area contributed by atoms with Gasteiger partial charge in [-0.1, -0.05) is 0 Å². The minimum Gasteiger partial charge on any atom is -0.496 e. The Balaban J connectivity index is 2.99. The van der Waals surface area contributed by atoms with Crippen molar-refractivity contribution in [1.29, 1.82) is 5.26 Å². The van der Waals surface area contributed by atoms with Crippen molar-refractivity contribution >= 4 is 0 Å². The van der Waals surface area contributed by atoms with E-state index in [4.69, 9.17) is 18.9 Å². The lowest BCUT2D eigenvalue weighted by Crippen LogP contribution is -2.13. The summed E-state index contributed by atoms with van der Waals surface area (Å²) in [6, 6.07) is 5.24. The number of hydrogen-bond acceptors (Lipinski definition) is 6. The SMILES string of the molecule is COc1cc(OC)c(-c2cc(C)[nH]c(=O)c2C#N)c(OC)c1OC. The number of nitrogens with one attached hydrogen (secondary N) is 1. The van der Waals surface area contributed by atoms with Gasteiger partial charge < -0.3 is 23.9 Å². The smallest absolute Gasteiger partial charge is 0.266 e. The average Bonchev–Trinajstić information content (AvgIpc) is 2.58. The molecule has 1 heterocycles. The highest BCUT2D eigenvalue weighted by Gasteiger charge is 2.25. The molecule has 0 aliphatic carbocycles. The highest BCUT2D eigenvalue weighted by atomic mass is 16.5. The molecule has 7 heteroatoms. The summed E-state index contributed by atoms with van der Waals surface area (Å²) in [7, 11) is 5.92. The van der Waals surface area contributed by atoms with Crippen molar-refractivity contribution in [2.75, 3.05) is 28.4 Å². The van der Waals surface area contributed by atoms with E-state index in [9.17, 15) is 10.1 Å². The zero-order valence-corrected chi connectivity index (χ0v) is 14.1. The zero-order chi connectivity index (χ0) is 17.9. The van der Waals surface area contributed by atoms with E-state index in [0.717, 1.165) is 0 Å². The summed E-state index contributed by atoms with van der Waals surface area (Å²) in [5.74, 6) is 1.47. The normalized spacial score (nSPS) is 10.0. The second kappa shape index (κ2) is 6.96. The molecule has 0 unspecified atom stereocenters. The number of aromatic nitrogens is 1. The number of nitrogens with zero attached hydrogens (tertiary/aromatic N) is 1. The molecule has 0 aliphatic heterocycles. The van der Waals surface area contributed by atoms with Gasteiger partial charge >= 0.3 is 0 Å². The van der Waals surface area contributed by atoms with Crippen LogP contribution in [0.15, 0.2) is 16.9 Å². The van der Waals surface area contributed by atoms with Gasteiger partial charge in [-0.3, -0.25) is 4.79 Å². The number of hydrogen-bond donors (Lipinski definition) is 1. The number of H-pyrrole nitrogens is 1. The third kappa shape index (κ3) is 2.74. The Morgan fingerprint density at radius 2 is 1.58 bits per heavy atom. The molecule has 0 saturated carbocycles. The number of ether oxygens (including phenoxy) is 4. The molecule has 126 valence electrons. The van der Waals surface area contributed by atoms with Crippen molar-refractivity contribution in [1.82, 2.24) is 4.98 Å². The van der Waals surface area contributed by atoms with Crippen LogP contribution >= 0.6 is 0 Å². The Morgan fingerprint density at radius 1 is 0.958 bits per heavy atom. The van der Waals surface area contributed by atoms with E-state index in [1.54, 1.807) is 19.1 Å². The van der Waals surface area contributed by atoms with E-state index < -0.39 is 5.56 Å². The van der Waals surface area contributed by atoms with Gasteiger partial charge in [0.2, 0.25) is 5.75 Å². The predicted molar refractivity (Wildman–Crippen MR) is 88.2 cm³/mol. The molecule has 2 rings (SSSR count). The minimum absolute atomic E-state index is 0.0376. The summed E-state index contributed by atoms with van der Waals surface area (Å²) in [4.78, 5) is 14.7. The molecule has 1 aromatic heterocycles. The second-order valence-electron chi connectivity index (χ2n) is 4.90. The number of benzene rings is 1. The lowest BCUT2D eigenvalue weighted by atomic mass is 9.98. The van der Waals surface area contributed by atoms with Crippen LogP contribution in [0.5, 0.6) is 23.0 Å². The number of methoxy groups -OCH3 is 4. The lowest BCUT2D eigenvalue weighted by Gasteiger charge is -2.19. The van der Waals surface area contributed by atoms with Crippen molar-refractivity contribution < 1.29 is 18.9 Å². The van der Waals surface area contributed by atoms with E-state index >= 15 is 0 Å². The maximum Gasteiger partial charge on any atom is 0.266 e. The maximum absolute atomic E-state index is 12.1. The van der Waals surface area contributed by atoms with Gasteiger partial charge in [-0.25, -0.2) is 0 Å². The fourth-order valence-electron chi connectivity index (χ4n) is 2.55. The van der Waals surface area contributed by atoms with Crippen LogP contribution in [0.4, 0.5) is 0 Å². The van der Waals surface area contributed by atoms with Gasteiger partial charge in [0.25, 0.3) is 5.56 Å². The quantitative estimate of drug-likeness (QED) is 0.904. The van der Waals surface area contributed by atoms with Gasteiger partial charge in [0, 0.05) is 17.3 Å². The van der Waals surface area contributed by atoms with Gasteiger partial charge in [-0.05, 0) is 13.0 Å². The Labute approximate surface area is 139 Å². The summed E-state index contributed by atoms with van der Waals surface area (Å²) >= 11 is 0. The molecule has 0 atom stereocenters. The second-order valence-corrected chi connectivity index (χ2v) is 4.90. The molecule has 1 aromatic carbocycles. The topological polar surface area (TPSA) is 93.6 Å². The Morgan fingerprint density at radius 3 is 2.08 bits per heavy atom. The Kier molecular flexibility index (Phi) is 4.99. The molecule has 1 N–H and O–H groups in total. The van der Waals surface area contributed by atoms with E-state index in [2.05, 4.69) is 4.98 Å². The van der Waals surface area contributed by atoms with Gasteiger partial charge in [0.05, 0.1) is 34.0 Å². The van der Waals surface area contributed by atoms with Crippen LogP contribution < -0.4 is 24.5 Å². The third-order valence-corrected chi connectivity index (χ3v) is 3.56. The Hall–Kier alpha value is -3.14. The summed E-state index contributed by atoms with van der Waals surface area (Å²) in [5, 5.41) is 9.40. The number of nitriles is 1. The first kappa shape index (κ1) is 17.2. The van der Waals surface area contributed by atoms with Gasteiger partial charge in [-0.2, -0.15) is 5.26 Å². The van der Waals surface area contributed by atoms with Crippen LogP contribution in [-0.2, 0) is 0 Å². The van der Waals surface area contributed by atoms with Crippen molar-refractivity contribution in [2.45, 2.75) is 6.92 Å². The summed E-state index contributed by atoms with van der Waals surface area (Å²) in [6.07, 6.45) is 0. The maximum atomic E-state index is 12.1. The number of rotatable bonds is 5. The van der Waals surface area contributed by atoms with Crippen molar-refractivity contribution in [2.24, 2.45) is 0 Å². The van der Waals surface area contributed by atoms with E-state index in [0.29, 0.717) is 39.8 Å². The molecule has 0 saturated heterocycles. The summed E-state index contributed by atoms with van der Waals surface area (Å²) < 4.78 is 21.6. The molecule has 7 nitrogen and oxygen atoms in total. The first-order valence-corrected chi connectivity index (χ1v) is 7.03. The third-order valence-electron chi connectivity index (χ3n) is 3.56. The van der Waals surface area contributed by atoms with Crippen molar-refractivity contribution in [3.05, 3.63) is 33.7 Å².